The molecule has 0 spiro atoms. The van der Waals surface area contributed by atoms with Crippen LogP contribution in [0.4, 0.5) is 5.82 Å². The number of rotatable bonds is 3. The second-order valence-corrected chi connectivity index (χ2v) is 3.29. The highest BCUT2D eigenvalue weighted by molar-refractivity contribution is 5.92. The van der Waals surface area contributed by atoms with Gasteiger partial charge in [-0.1, -0.05) is 0 Å². The van der Waals surface area contributed by atoms with Gasteiger partial charge in [0.2, 0.25) is 11.8 Å². The van der Waals surface area contributed by atoms with E-state index in [0.717, 1.165) is 0 Å². The minimum atomic E-state index is -0.483. The Labute approximate surface area is 97.2 Å². The highest BCUT2D eigenvalue weighted by Crippen LogP contribution is 2.19. The fraction of sp³-hybridized carbons (Fsp3) is 0. The van der Waals surface area contributed by atoms with Gasteiger partial charge in [0.15, 0.2) is 0 Å². The molecule has 0 saturated carbocycles. The fourth-order valence-electron chi connectivity index (χ4n) is 1.19. The molecule has 0 fully saturated rings. The average Bonchev–Trinajstić information content (AvgIpc) is 2.33. The summed E-state index contributed by atoms with van der Waals surface area (Å²) in [6, 6.07) is 9.57. The Kier molecular flexibility index (Phi) is 2.87. The zero-order valence-corrected chi connectivity index (χ0v) is 8.83. The number of carbonyl (C=O) groups is 1. The van der Waals surface area contributed by atoms with Gasteiger partial charge in [0, 0.05) is 11.6 Å². The summed E-state index contributed by atoms with van der Waals surface area (Å²) in [4.78, 5) is 10.9. The van der Waals surface area contributed by atoms with Crippen molar-refractivity contribution in [1.82, 2.24) is 10.2 Å². The number of hydrogen-bond acceptors (Lipinski definition) is 5. The highest BCUT2D eigenvalue weighted by Gasteiger charge is 2.02. The van der Waals surface area contributed by atoms with Crippen molar-refractivity contribution in [2.75, 3.05) is 5.73 Å². The molecule has 0 bridgehead atoms. The SMILES string of the molecule is NC(=O)c1ccc(Oc2ccc(N)nn2)cc1. The lowest BCUT2D eigenvalue weighted by atomic mass is 10.2. The summed E-state index contributed by atoms with van der Waals surface area (Å²) in [5, 5.41) is 7.39. The van der Waals surface area contributed by atoms with E-state index in [2.05, 4.69) is 10.2 Å². The number of amides is 1. The maximum atomic E-state index is 10.9. The molecule has 0 aliphatic heterocycles. The molecule has 0 saturated heterocycles. The van der Waals surface area contributed by atoms with Crippen molar-refractivity contribution in [2.24, 2.45) is 5.73 Å². The largest absolute Gasteiger partial charge is 0.438 e. The number of anilines is 1. The molecule has 1 aromatic carbocycles. The number of hydrogen-bond donors (Lipinski definition) is 2. The van der Waals surface area contributed by atoms with Crippen LogP contribution >= 0.6 is 0 Å². The average molecular weight is 230 g/mol. The zero-order chi connectivity index (χ0) is 12.3. The van der Waals surface area contributed by atoms with Crippen molar-refractivity contribution >= 4 is 11.7 Å². The summed E-state index contributed by atoms with van der Waals surface area (Å²) in [6.07, 6.45) is 0. The maximum absolute atomic E-state index is 10.9. The van der Waals surface area contributed by atoms with Crippen molar-refractivity contribution < 1.29 is 9.53 Å². The minimum Gasteiger partial charge on any atom is -0.438 e. The number of carbonyl (C=O) groups excluding carboxylic acids is 1. The van der Waals surface area contributed by atoms with Crippen LogP contribution in [-0.4, -0.2) is 16.1 Å². The second-order valence-electron chi connectivity index (χ2n) is 3.29. The molecule has 2 rings (SSSR count). The summed E-state index contributed by atoms with van der Waals surface area (Å²) in [5.74, 6) is 0.699. The Morgan fingerprint density at radius 1 is 1.06 bits per heavy atom. The zero-order valence-electron chi connectivity index (χ0n) is 8.83. The molecule has 0 atom stereocenters. The molecule has 0 aliphatic carbocycles. The first-order valence-electron chi connectivity index (χ1n) is 4.82. The van der Waals surface area contributed by atoms with Crippen LogP contribution in [0.1, 0.15) is 10.4 Å². The van der Waals surface area contributed by atoms with E-state index in [-0.39, 0.29) is 0 Å². The van der Waals surface area contributed by atoms with Crippen molar-refractivity contribution in [3.05, 3.63) is 42.0 Å². The van der Waals surface area contributed by atoms with Gasteiger partial charge in [-0.15, -0.1) is 10.2 Å². The second kappa shape index (κ2) is 4.48. The Hall–Kier alpha value is -2.63. The molecule has 0 aliphatic rings. The van der Waals surface area contributed by atoms with E-state index in [0.29, 0.717) is 23.0 Å². The summed E-state index contributed by atoms with van der Waals surface area (Å²) >= 11 is 0. The Balaban J connectivity index is 2.13. The lowest BCUT2D eigenvalue weighted by Gasteiger charge is -2.04. The summed E-state index contributed by atoms with van der Waals surface area (Å²) in [7, 11) is 0. The third-order valence-corrected chi connectivity index (χ3v) is 2.02. The van der Waals surface area contributed by atoms with Crippen molar-refractivity contribution in [1.29, 1.82) is 0 Å². The van der Waals surface area contributed by atoms with Crippen LogP contribution in [0.25, 0.3) is 0 Å². The van der Waals surface area contributed by atoms with E-state index in [1.807, 2.05) is 0 Å². The van der Waals surface area contributed by atoms with Gasteiger partial charge in [-0.2, -0.15) is 0 Å². The molecule has 1 amide bonds. The first kappa shape index (κ1) is 10.9. The lowest BCUT2D eigenvalue weighted by molar-refractivity contribution is 0.100. The third kappa shape index (κ3) is 2.69. The molecule has 0 radical (unpaired) electrons. The molecule has 86 valence electrons. The van der Waals surface area contributed by atoms with Crippen LogP contribution in [0.15, 0.2) is 36.4 Å². The van der Waals surface area contributed by atoms with Crippen molar-refractivity contribution in [2.45, 2.75) is 0 Å². The van der Waals surface area contributed by atoms with Crippen LogP contribution in [0.5, 0.6) is 11.6 Å². The van der Waals surface area contributed by atoms with Crippen LogP contribution < -0.4 is 16.2 Å². The van der Waals surface area contributed by atoms with Gasteiger partial charge >= 0.3 is 0 Å². The van der Waals surface area contributed by atoms with Gasteiger partial charge in [0.1, 0.15) is 11.6 Å². The number of nitrogen functional groups attached to an aromatic ring is 1. The molecular formula is C11H10N4O2. The minimum absolute atomic E-state index is 0.321. The third-order valence-electron chi connectivity index (χ3n) is 2.02. The Bertz CT molecular complexity index is 522. The first-order valence-corrected chi connectivity index (χ1v) is 4.82. The number of nitrogens with two attached hydrogens (primary N) is 2. The number of primary amides is 1. The molecule has 0 unspecified atom stereocenters. The number of benzene rings is 1. The number of aromatic nitrogens is 2. The fourth-order valence-corrected chi connectivity index (χ4v) is 1.19. The molecule has 1 aromatic heterocycles. The summed E-state index contributed by atoms with van der Waals surface area (Å²) in [5.41, 5.74) is 10.9. The van der Waals surface area contributed by atoms with Crippen LogP contribution in [-0.2, 0) is 0 Å². The number of nitrogens with zero attached hydrogens (tertiary/aromatic N) is 2. The molecular weight excluding hydrogens is 220 g/mol. The van der Waals surface area contributed by atoms with E-state index in [1.165, 1.54) is 0 Å². The molecule has 2 aromatic rings. The van der Waals surface area contributed by atoms with Gasteiger partial charge < -0.3 is 16.2 Å². The van der Waals surface area contributed by atoms with Crippen LogP contribution in [0, 0.1) is 0 Å². The topological polar surface area (TPSA) is 104 Å². The maximum Gasteiger partial charge on any atom is 0.248 e. The molecule has 4 N–H and O–H groups in total. The van der Waals surface area contributed by atoms with E-state index in [1.54, 1.807) is 36.4 Å². The van der Waals surface area contributed by atoms with E-state index in [4.69, 9.17) is 16.2 Å². The highest BCUT2D eigenvalue weighted by atomic mass is 16.5. The summed E-state index contributed by atoms with van der Waals surface area (Å²) < 4.78 is 5.39. The van der Waals surface area contributed by atoms with Crippen molar-refractivity contribution in [3.8, 4) is 11.6 Å². The van der Waals surface area contributed by atoms with Crippen LogP contribution in [0.3, 0.4) is 0 Å². The molecule has 6 nitrogen and oxygen atoms in total. The monoisotopic (exact) mass is 230 g/mol. The lowest BCUT2D eigenvalue weighted by Crippen LogP contribution is -2.10. The van der Waals surface area contributed by atoms with Gasteiger partial charge in [-0.3, -0.25) is 4.79 Å². The molecule has 17 heavy (non-hydrogen) atoms. The normalized spacial score (nSPS) is 9.88. The van der Waals surface area contributed by atoms with E-state index < -0.39 is 5.91 Å². The first-order chi connectivity index (χ1) is 8.15. The van der Waals surface area contributed by atoms with Gasteiger partial charge in [-0.25, -0.2) is 0 Å². The molecule has 1 heterocycles. The Morgan fingerprint density at radius 2 is 1.76 bits per heavy atom. The number of ether oxygens (including phenoxy) is 1. The smallest absolute Gasteiger partial charge is 0.248 e. The Morgan fingerprint density at radius 3 is 2.29 bits per heavy atom. The summed E-state index contributed by atoms with van der Waals surface area (Å²) in [6.45, 7) is 0. The van der Waals surface area contributed by atoms with Gasteiger partial charge in [0.25, 0.3) is 0 Å². The predicted molar refractivity (Wildman–Crippen MR) is 61.5 cm³/mol. The van der Waals surface area contributed by atoms with Gasteiger partial charge in [0.05, 0.1) is 0 Å². The van der Waals surface area contributed by atoms with E-state index in [9.17, 15) is 4.79 Å². The standard InChI is InChI=1S/C11H10N4O2/c12-9-5-6-10(15-14-9)17-8-3-1-7(2-4-8)11(13)16/h1-6H,(H2,12,14)(H2,13,16). The van der Waals surface area contributed by atoms with Crippen LogP contribution in [0.2, 0.25) is 0 Å². The molecule has 6 heteroatoms. The van der Waals surface area contributed by atoms with E-state index >= 15 is 0 Å². The van der Waals surface area contributed by atoms with Gasteiger partial charge in [-0.05, 0) is 30.3 Å². The van der Waals surface area contributed by atoms with Crippen molar-refractivity contribution in [3.63, 3.8) is 0 Å². The predicted octanol–water partition coefficient (Wildman–Crippen LogP) is 0.950. The quantitative estimate of drug-likeness (QED) is 0.816.